The summed E-state index contributed by atoms with van der Waals surface area (Å²) in [6, 6.07) is 28.4. The van der Waals surface area contributed by atoms with Crippen LogP contribution >= 0.6 is 0 Å². The number of hydrogen-bond donors (Lipinski definition) is 0. The molecule has 1 aliphatic rings. The lowest BCUT2D eigenvalue weighted by molar-refractivity contribution is 0.186. The average Bonchev–Trinajstić information content (AvgIpc) is 3.17. The molecule has 0 N–H and O–H groups in total. The van der Waals surface area contributed by atoms with Crippen molar-refractivity contribution < 1.29 is 4.74 Å². The Balaban J connectivity index is 1.90. The molecule has 0 fully saturated rings. The molecule has 0 radical (unpaired) electrons. The molecular weight excluding hydrogens is 306 g/mol. The zero-order valence-electron chi connectivity index (χ0n) is 14.1. The second-order valence-corrected chi connectivity index (χ2v) is 6.55. The maximum atomic E-state index is 5.56. The van der Waals surface area contributed by atoms with Gasteiger partial charge < -0.3 is 9.30 Å². The summed E-state index contributed by atoms with van der Waals surface area (Å²) in [6.07, 6.45) is 0. The summed E-state index contributed by atoms with van der Waals surface area (Å²) >= 11 is 0. The van der Waals surface area contributed by atoms with E-state index in [1.807, 2.05) is 0 Å². The molecule has 1 aliphatic heterocycles. The van der Waals surface area contributed by atoms with Crippen molar-refractivity contribution >= 4 is 10.9 Å². The second-order valence-electron chi connectivity index (χ2n) is 6.55. The summed E-state index contributed by atoms with van der Waals surface area (Å²) in [7, 11) is 1.77. The predicted octanol–water partition coefficient (Wildman–Crippen LogP) is 5.41. The quantitative estimate of drug-likeness (QED) is 0.433. The highest BCUT2D eigenvalue weighted by molar-refractivity contribution is 5.95. The summed E-state index contributed by atoms with van der Waals surface area (Å²) in [5.41, 5.74) is 7.86. The molecule has 1 aromatic heterocycles. The molecule has 122 valence electrons. The molecule has 1 unspecified atom stereocenters. The van der Waals surface area contributed by atoms with Gasteiger partial charge in [0.05, 0.1) is 18.3 Å². The van der Waals surface area contributed by atoms with Crippen molar-refractivity contribution in [2.75, 3.05) is 7.11 Å². The van der Waals surface area contributed by atoms with Gasteiger partial charge in [-0.15, -0.1) is 0 Å². The molecule has 0 saturated carbocycles. The van der Waals surface area contributed by atoms with Crippen LogP contribution in [-0.2, 0) is 11.3 Å². The van der Waals surface area contributed by atoms with Gasteiger partial charge in [0.1, 0.15) is 0 Å². The number of ether oxygens (including phenoxy) is 1. The van der Waals surface area contributed by atoms with E-state index < -0.39 is 0 Å². The Hall–Kier alpha value is -2.84. The molecule has 2 nitrogen and oxygen atoms in total. The molecule has 0 spiro atoms. The van der Waals surface area contributed by atoms with Gasteiger partial charge in [-0.05, 0) is 17.2 Å². The van der Waals surface area contributed by atoms with Crippen LogP contribution in [-0.4, -0.2) is 11.7 Å². The van der Waals surface area contributed by atoms with E-state index in [-0.39, 0.29) is 6.04 Å². The monoisotopic (exact) mass is 325 g/mol. The lowest BCUT2D eigenvalue weighted by Crippen LogP contribution is -2.07. The number of fused-ring (bicyclic) bond motifs is 5. The highest BCUT2D eigenvalue weighted by atomic mass is 16.5. The van der Waals surface area contributed by atoms with E-state index in [4.69, 9.17) is 4.74 Å². The highest BCUT2D eigenvalue weighted by Gasteiger charge is 2.33. The van der Waals surface area contributed by atoms with Crippen molar-refractivity contribution in [3.8, 4) is 11.3 Å². The standard InChI is InChI=1S/C23H19NO/c1-25-15-20-17-11-7-8-14-21(17)24-22(16-9-3-2-4-10-16)18-12-5-6-13-19(18)23(20)24/h2-14,22H,15H2,1H3. The number of para-hydroxylation sites is 1. The molecule has 0 amide bonds. The van der Waals surface area contributed by atoms with Gasteiger partial charge in [0.25, 0.3) is 0 Å². The van der Waals surface area contributed by atoms with Crippen LogP contribution in [0.5, 0.6) is 0 Å². The summed E-state index contributed by atoms with van der Waals surface area (Å²) in [5, 5.41) is 1.29. The fourth-order valence-electron chi connectivity index (χ4n) is 4.24. The van der Waals surface area contributed by atoms with E-state index in [0.717, 1.165) is 0 Å². The van der Waals surface area contributed by atoms with Crippen molar-refractivity contribution in [3.63, 3.8) is 0 Å². The van der Waals surface area contributed by atoms with Crippen molar-refractivity contribution in [1.29, 1.82) is 0 Å². The number of hydrogen-bond acceptors (Lipinski definition) is 1. The third-order valence-corrected chi connectivity index (χ3v) is 5.19. The van der Waals surface area contributed by atoms with Crippen molar-refractivity contribution in [3.05, 3.63) is 95.6 Å². The van der Waals surface area contributed by atoms with Crippen LogP contribution in [0.1, 0.15) is 22.7 Å². The third-order valence-electron chi connectivity index (χ3n) is 5.19. The van der Waals surface area contributed by atoms with Gasteiger partial charge in [0.2, 0.25) is 0 Å². The van der Waals surface area contributed by atoms with E-state index in [1.165, 1.54) is 38.9 Å². The van der Waals surface area contributed by atoms with Crippen LogP contribution in [0.15, 0.2) is 78.9 Å². The number of aromatic nitrogens is 1. The Kier molecular flexibility index (Phi) is 3.25. The Labute approximate surface area is 147 Å². The fraction of sp³-hybridized carbons (Fsp3) is 0.130. The average molecular weight is 325 g/mol. The fourth-order valence-corrected chi connectivity index (χ4v) is 4.24. The SMILES string of the molecule is COCc1c2n(c3ccccc13)C(c1ccccc1)c1ccccc1-2. The number of methoxy groups -OCH3 is 1. The van der Waals surface area contributed by atoms with Crippen LogP contribution in [0, 0.1) is 0 Å². The van der Waals surface area contributed by atoms with Crippen molar-refractivity contribution in [2.24, 2.45) is 0 Å². The zero-order chi connectivity index (χ0) is 16.8. The molecule has 4 aromatic rings. The number of nitrogens with zero attached hydrogens (tertiary/aromatic N) is 1. The third kappa shape index (κ3) is 2.01. The normalized spacial score (nSPS) is 15.3. The molecule has 2 heteroatoms. The summed E-state index contributed by atoms with van der Waals surface area (Å²) < 4.78 is 8.05. The minimum Gasteiger partial charge on any atom is -0.380 e. The molecule has 0 saturated heterocycles. The molecule has 0 bridgehead atoms. The highest BCUT2D eigenvalue weighted by Crippen LogP contribution is 2.48. The van der Waals surface area contributed by atoms with E-state index in [2.05, 4.69) is 83.4 Å². The van der Waals surface area contributed by atoms with E-state index in [1.54, 1.807) is 7.11 Å². The van der Waals surface area contributed by atoms with Crippen molar-refractivity contribution in [1.82, 2.24) is 4.57 Å². The molecule has 5 rings (SSSR count). The lowest BCUT2D eigenvalue weighted by atomic mass is 9.95. The van der Waals surface area contributed by atoms with Gasteiger partial charge in [-0.1, -0.05) is 72.8 Å². The largest absolute Gasteiger partial charge is 0.380 e. The molecule has 3 aromatic carbocycles. The molecule has 25 heavy (non-hydrogen) atoms. The molecular formula is C23H19NO. The Morgan fingerprint density at radius 3 is 2.40 bits per heavy atom. The van der Waals surface area contributed by atoms with Crippen LogP contribution in [0.4, 0.5) is 0 Å². The predicted molar refractivity (Wildman–Crippen MR) is 102 cm³/mol. The molecule has 0 aliphatic carbocycles. The molecule has 1 atom stereocenters. The van der Waals surface area contributed by atoms with Crippen LogP contribution < -0.4 is 0 Å². The van der Waals surface area contributed by atoms with Gasteiger partial charge >= 0.3 is 0 Å². The number of benzene rings is 3. The maximum Gasteiger partial charge on any atom is 0.0851 e. The first kappa shape index (κ1) is 14.5. The lowest BCUT2D eigenvalue weighted by Gasteiger charge is -2.17. The minimum absolute atomic E-state index is 0.211. The first-order valence-electron chi connectivity index (χ1n) is 8.65. The topological polar surface area (TPSA) is 14.2 Å². The summed E-state index contributed by atoms with van der Waals surface area (Å²) in [6.45, 7) is 0.624. The second kappa shape index (κ2) is 5.61. The molecule has 2 heterocycles. The first-order valence-corrected chi connectivity index (χ1v) is 8.65. The van der Waals surface area contributed by atoms with Crippen molar-refractivity contribution in [2.45, 2.75) is 12.6 Å². The van der Waals surface area contributed by atoms with E-state index in [9.17, 15) is 0 Å². The van der Waals surface area contributed by atoms with E-state index in [0.29, 0.717) is 6.61 Å². The first-order chi connectivity index (χ1) is 12.4. The van der Waals surface area contributed by atoms with Crippen LogP contribution in [0.25, 0.3) is 22.2 Å². The summed E-state index contributed by atoms with van der Waals surface area (Å²) in [4.78, 5) is 0. The smallest absolute Gasteiger partial charge is 0.0851 e. The van der Waals surface area contributed by atoms with Crippen LogP contribution in [0.3, 0.4) is 0 Å². The van der Waals surface area contributed by atoms with Crippen LogP contribution in [0.2, 0.25) is 0 Å². The van der Waals surface area contributed by atoms with Gasteiger partial charge in [-0.25, -0.2) is 0 Å². The van der Waals surface area contributed by atoms with Gasteiger partial charge in [-0.3, -0.25) is 0 Å². The Morgan fingerprint density at radius 1 is 0.840 bits per heavy atom. The zero-order valence-corrected chi connectivity index (χ0v) is 14.1. The number of rotatable bonds is 3. The van der Waals surface area contributed by atoms with Gasteiger partial charge in [-0.2, -0.15) is 0 Å². The van der Waals surface area contributed by atoms with E-state index >= 15 is 0 Å². The Bertz CT molecular complexity index is 1060. The minimum atomic E-state index is 0.211. The van der Waals surface area contributed by atoms with Gasteiger partial charge in [0, 0.05) is 29.1 Å². The van der Waals surface area contributed by atoms with Gasteiger partial charge in [0.15, 0.2) is 0 Å². The maximum absolute atomic E-state index is 5.56. The Morgan fingerprint density at radius 2 is 1.56 bits per heavy atom. The summed E-state index contributed by atoms with van der Waals surface area (Å²) in [5.74, 6) is 0.